The molecule has 0 fully saturated rings. The Bertz CT molecular complexity index is 1120. The van der Waals surface area contributed by atoms with Crippen molar-refractivity contribution in [1.82, 2.24) is 34.2 Å². The third kappa shape index (κ3) is 3.28. The van der Waals surface area contributed by atoms with Crippen LogP contribution in [0, 0.1) is 6.92 Å². The SMILES string of the molecule is CCn1ccnc1CN(C)C(=O)c1cc(Cn2c(C)nc3ccccc32)[nH]n1. The van der Waals surface area contributed by atoms with E-state index in [-0.39, 0.29) is 5.91 Å². The fourth-order valence-corrected chi connectivity index (χ4v) is 3.38. The number of hydrogen-bond acceptors (Lipinski definition) is 4. The third-order valence-corrected chi connectivity index (χ3v) is 4.89. The maximum absolute atomic E-state index is 12.8. The molecule has 4 rings (SSSR count). The van der Waals surface area contributed by atoms with Crippen LogP contribution in [0.5, 0.6) is 0 Å². The molecule has 1 amide bonds. The molecule has 0 bridgehead atoms. The van der Waals surface area contributed by atoms with Crippen molar-refractivity contribution in [3.8, 4) is 0 Å². The van der Waals surface area contributed by atoms with Crippen molar-refractivity contribution >= 4 is 16.9 Å². The van der Waals surface area contributed by atoms with Crippen molar-refractivity contribution in [2.75, 3.05) is 7.05 Å². The molecule has 1 N–H and O–H groups in total. The molecule has 0 aliphatic rings. The Morgan fingerprint density at radius 3 is 2.93 bits per heavy atom. The van der Waals surface area contributed by atoms with Gasteiger partial charge >= 0.3 is 0 Å². The van der Waals surface area contributed by atoms with E-state index in [2.05, 4.69) is 31.7 Å². The highest BCUT2D eigenvalue weighted by Crippen LogP contribution is 2.17. The maximum Gasteiger partial charge on any atom is 0.274 e. The third-order valence-electron chi connectivity index (χ3n) is 4.89. The number of imidazole rings is 2. The van der Waals surface area contributed by atoms with E-state index >= 15 is 0 Å². The number of aryl methyl sites for hydroxylation is 2. The molecule has 3 heterocycles. The zero-order valence-corrected chi connectivity index (χ0v) is 16.3. The molecular weight excluding hydrogens is 354 g/mol. The van der Waals surface area contributed by atoms with Gasteiger partial charge < -0.3 is 14.0 Å². The zero-order chi connectivity index (χ0) is 19.7. The lowest BCUT2D eigenvalue weighted by Crippen LogP contribution is -2.28. The average Bonchev–Trinajstić information content (AvgIpc) is 3.41. The van der Waals surface area contributed by atoms with Gasteiger partial charge in [0.15, 0.2) is 0 Å². The number of benzene rings is 1. The number of fused-ring (bicyclic) bond motifs is 1. The first kappa shape index (κ1) is 18.0. The molecule has 1 aromatic carbocycles. The number of hydrogen-bond donors (Lipinski definition) is 1. The van der Waals surface area contributed by atoms with E-state index in [1.807, 2.05) is 42.0 Å². The van der Waals surface area contributed by atoms with E-state index in [0.717, 1.165) is 34.9 Å². The summed E-state index contributed by atoms with van der Waals surface area (Å²) in [4.78, 5) is 23.3. The molecule has 3 aromatic heterocycles. The van der Waals surface area contributed by atoms with Gasteiger partial charge in [0.1, 0.15) is 17.3 Å². The van der Waals surface area contributed by atoms with E-state index in [1.165, 1.54) is 0 Å². The van der Waals surface area contributed by atoms with Crippen LogP contribution in [-0.2, 0) is 19.6 Å². The molecule has 4 aromatic rings. The minimum atomic E-state index is -0.139. The highest BCUT2D eigenvalue weighted by molar-refractivity contribution is 5.92. The minimum absolute atomic E-state index is 0.139. The Labute approximate surface area is 162 Å². The van der Waals surface area contributed by atoms with Gasteiger partial charge in [-0.15, -0.1) is 0 Å². The number of aromatic amines is 1. The van der Waals surface area contributed by atoms with Crippen LogP contribution in [0.25, 0.3) is 11.0 Å². The van der Waals surface area contributed by atoms with Crippen molar-refractivity contribution in [2.45, 2.75) is 33.5 Å². The van der Waals surface area contributed by atoms with Gasteiger partial charge in [0.2, 0.25) is 0 Å². The summed E-state index contributed by atoms with van der Waals surface area (Å²) >= 11 is 0. The zero-order valence-electron chi connectivity index (χ0n) is 16.3. The van der Waals surface area contributed by atoms with Crippen LogP contribution in [0.4, 0.5) is 0 Å². The van der Waals surface area contributed by atoms with Crippen LogP contribution in [-0.4, -0.2) is 47.2 Å². The predicted octanol–water partition coefficient (Wildman–Crippen LogP) is 2.60. The van der Waals surface area contributed by atoms with Crippen LogP contribution in [0.15, 0.2) is 42.7 Å². The second-order valence-corrected chi connectivity index (χ2v) is 6.80. The van der Waals surface area contributed by atoms with Gasteiger partial charge in [0, 0.05) is 26.0 Å². The molecule has 0 aliphatic carbocycles. The van der Waals surface area contributed by atoms with Gasteiger partial charge in [-0.1, -0.05) is 12.1 Å². The van der Waals surface area contributed by atoms with Crippen molar-refractivity contribution in [2.24, 2.45) is 0 Å². The standard InChI is InChI=1S/C20H23N7O/c1-4-26-10-9-21-19(26)13-25(3)20(28)17-11-15(23-24-17)12-27-14(2)22-16-7-5-6-8-18(16)27/h5-11H,4,12-13H2,1-3H3,(H,23,24). The summed E-state index contributed by atoms with van der Waals surface area (Å²) in [5.74, 6) is 1.64. The van der Waals surface area contributed by atoms with Crippen LogP contribution in [0.2, 0.25) is 0 Å². The molecule has 28 heavy (non-hydrogen) atoms. The molecular formula is C20H23N7O. The Morgan fingerprint density at radius 2 is 2.11 bits per heavy atom. The molecule has 0 unspecified atom stereocenters. The quantitative estimate of drug-likeness (QED) is 0.560. The van der Waals surface area contributed by atoms with Gasteiger partial charge in [-0.2, -0.15) is 5.10 Å². The smallest absolute Gasteiger partial charge is 0.274 e. The molecule has 0 saturated heterocycles. The summed E-state index contributed by atoms with van der Waals surface area (Å²) in [5.41, 5.74) is 3.28. The number of carbonyl (C=O) groups is 1. The summed E-state index contributed by atoms with van der Waals surface area (Å²) in [6.45, 7) is 5.87. The Morgan fingerprint density at radius 1 is 1.29 bits per heavy atom. The van der Waals surface area contributed by atoms with Gasteiger partial charge in [0.05, 0.1) is 29.8 Å². The lowest BCUT2D eigenvalue weighted by Gasteiger charge is -2.16. The van der Waals surface area contributed by atoms with Gasteiger partial charge in [-0.05, 0) is 32.0 Å². The Hall–Kier alpha value is -3.42. The molecule has 0 saturated carbocycles. The first-order chi connectivity index (χ1) is 13.6. The lowest BCUT2D eigenvalue weighted by molar-refractivity contribution is 0.0774. The van der Waals surface area contributed by atoms with Gasteiger partial charge in [-0.3, -0.25) is 9.89 Å². The number of rotatable bonds is 6. The monoisotopic (exact) mass is 377 g/mol. The van der Waals surface area contributed by atoms with Crippen LogP contribution < -0.4 is 0 Å². The molecule has 144 valence electrons. The topological polar surface area (TPSA) is 84.6 Å². The summed E-state index contributed by atoms with van der Waals surface area (Å²) < 4.78 is 4.13. The van der Waals surface area contributed by atoms with Crippen molar-refractivity contribution < 1.29 is 4.79 Å². The number of H-pyrrole nitrogens is 1. The normalized spacial score (nSPS) is 11.2. The van der Waals surface area contributed by atoms with Gasteiger partial charge in [0.25, 0.3) is 5.91 Å². The Balaban J connectivity index is 1.50. The number of nitrogens with one attached hydrogen (secondary N) is 1. The van der Waals surface area contributed by atoms with Crippen LogP contribution in [0.3, 0.4) is 0 Å². The fourth-order valence-electron chi connectivity index (χ4n) is 3.38. The Kier molecular flexibility index (Phi) is 4.68. The second-order valence-electron chi connectivity index (χ2n) is 6.80. The van der Waals surface area contributed by atoms with E-state index < -0.39 is 0 Å². The summed E-state index contributed by atoms with van der Waals surface area (Å²) in [6, 6.07) is 9.82. The molecule has 0 atom stereocenters. The molecule has 8 heteroatoms. The highest BCUT2D eigenvalue weighted by Gasteiger charge is 2.18. The van der Waals surface area contributed by atoms with E-state index in [4.69, 9.17) is 0 Å². The van der Waals surface area contributed by atoms with E-state index in [0.29, 0.717) is 18.8 Å². The fraction of sp³-hybridized carbons (Fsp3) is 0.300. The molecule has 0 radical (unpaired) electrons. The van der Waals surface area contributed by atoms with Crippen LogP contribution >= 0.6 is 0 Å². The molecule has 0 spiro atoms. The highest BCUT2D eigenvalue weighted by atomic mass is 16.2. The lowest BCUT2D eigenvalue weighted by atomic mass is 10.3. The number of carbonyl (C=O) groups excluding carboxylic acids is 1. The van der Waals surface area contributed by atoms with E-state index in [1.54, 1.807) is 24.2 Å². The first-order valence-corrected chi connectivity index (χ1v) is 9.28. The van der Waals surface area contributed by atoms with Crippen molar-refractivity contribution in [1.29, 1.82) is 0 Å². The maximum atomic E-state index is 12.8. The summed E-state index contributed by atoms with van der Waals surface area (Å²) in [7, 11) is 1.76. The summed E-state index contributed by atoms with van der Waals surface area (Å²) in [5, 5.41) is 7.21. The van der Waals surface area contributed by atoms with E-state index in [9.17, 15) is 4.79 Å². The number of para-hydroxylation sites is 2. The van der Waals surface area contributed by atoms with Crippen molar-refractivity contribution in [3.63, 3.8) is 0 Å². The molecule has 8 nitrogen and oxygen atoms in total. The predicted molar refractivity (Wildman–Crippen MR) is 106 cm³/mol. The summed E-state index contributed by atoms with van der Waals surface area (Å²) in [6.07, 6.45) is 3.67. The number of aromatic nitrogens is 6. The molecule has 0 aliphatic heterocycles. The largest absolute Gasteiger partial charge is 0.334 e. The average molecular weight is 377 g/mol. The first-order valence-electron chi connectivity index (χ1n) is 9.28. The van der Waals surface area contributed by atoms with Gasteiger partial charge in [-0.25, -0.2) is 9.97 Å². The second kappa shape index (κ2) is 7.30. The number of amides is 1. The minimum Gasteiger partial charge on any atom is -0.334 e. The van der Waals surface area contributed by atoms with Crippen LogP contribution in [0.1, 0.15) is 34.8 Å². The van der Waals surface area contributed by atoms with Crippen molar-refractivity contribution in [3.05, 3.63) is 65.8 Å². The number of nitrogens with zero attached hydrogens (tertiary/aromatic N) is 6.